The van der Waals surface area contributed by atoms with Gasteiger partial charge in [0.25, 0.3) is 0 Å². The van der Waals surface area contributed by atoms with Gasteiger partial charge >= 0.3 is 5.97 Å². The van der Waals surface area contributed by atoms with Gasteiger partial charge in [-0.2, -0.15) is 0 Å². The predicted octanol–water partition coefficient (Wildman–Crippen LogP) is 2.47. The predicted molar refractivity (Wildman–Crippen MR) is 74.2 cm³/mol. The molecule has 2 aromatic carbocycles. The number of aliphatic hydroxyl groups excluding tert-OH is 1. The zero-order valence-corrected chi connectivity index (χ0v) is 11.2. The van der Waals surface area contributed by atoms with Crippen molar-refractivity contribution in [3.05, 3.63) is 65.7 Å². The van der Waals surface area contributed by atoms with E-state index >= 15 is 0 Å². The molecule has 0 bridgehead atoms. The summed E-state index contributed by atoms with van der Waals surface area (Å²) in [4.78, 5) is 11.2. The number of esters is 1. The van der Waals surface area contributed by atoms with Gasteiger partial charge in [0.05, 0.1) is 7.11 Å². The minimum Gasteiger partial charge on any atom is -0.489 e. The Morgan fingerprint density at radius 1 is 1.10 bits per heavy atom. The number of methoxy groups -OCH3 is 1. The molecule has 0 saturated heterocycles. The molecule has 0 fully saturated rings. The van der Waals surface area contributed by atoms with Crippen molar-refractivity contribution in [2.24, 2.45) is 0 Å². The van der Waals surface area contributed by atoms with Gasteiger partial charge in [0, 0.05) is 0 Å². The lowest BCUT2D eigenvalue weighted by molar-refractivity contribution is -0.150. The minimum atomic E-state index is -1.26. The van der Waals surface area contributed by atoms with Crippen LogP contribution in [0.4, 0.5) is 0 Å². The molecule has 0 amide bonds. The molecule has 2 aromatic rings. The number of carbonyl (C=O) groups excluding carboxylic acids is 1. The standard InChI is InChI=1S/C16H16O4/c1-19-16(18)15(17)13-7-9-14(10-8-13)20-11-12-5-3-2-4-6-12/h2-10,15,17H,11H2,1H3/t15-/m0/s1. The van der Waals surface area contributed by atoms with E-state index in [9.17, 15) is 9.90 Å². The monoisotopic (exact) mass is 272 g/mol. The number of benzene rings is 2. The van der Waals surface area contributed by atoms with Gasteiger partial charge in [-0.25, -0.2) is 4.79 Å². The van der Waals surface area contributed by atoms with Gasteiger partial charge in [0.15, 0.2) is 6.10 Å². The van der Waals surface area contributed by atoms with Crippen molar-refractivity contribution in [1.29, 1.82) is 0 Å². The number of carbonyl (C=O) groups is 1. The highest BCUT2D eigenvalue weighted by atomic mass is 16.5. The lowest BCUT2D eigenvalue weighted by Gasteiger charge is -2.10. The molecule has 0 aliphatic carbocycles. The summed E-state index contributed by atoms with van der Waals surface area (Å²) in [6.45, 7) is 0.472. The second-order valence-corrected chi connectivity index (χ2v) is 4.27. The molecule has 1 atom stereocenters. The van der Waals surface area contributed by atoms with Crippen molar-refractivity contribution in [1.82, 2.24) is 0 Å². The van der Waals surface area contributed by atoms with Crippen LogP contribution < -0.4 is 4.74 Å². The van der Waals surface area contributed by atoms with Crippen molar-refractivity contribution in [3.8, 4) is 5.75 Å². The number of ether oxygens (including phenoxy) is 2. The van der Waals surface area contributed by atoms with E-state index < -0.39 is 12.1 Å². The highest BCUT2D eigenvalue weighted by Gasteiger charge is 2.17. The smallest absolute Gasteiger partial charge is 0.339 e. The lowest BCUT2D eigenvalue weighted by atomic mass is 10.1. The molecule has 0 aliphatic rings. The quantitative estimate of drug-likeness (QED) is 0.849. The first-order chi connectivity index (χ1) is 9.70. The number of rotatable bonds is 5. The van der Waals surface area contributed by atoms with Crippen molar-refractivity contribution in [2.45, 2.75) is 12.7 Å². The van der Waals surface area contributed by atoms with Gasteiger partial charge < -0.3 is 14.6 Å². The van der Waals surface area contributed by atoms with Gasteiger partial charge in [-0.1, -0.05) is 42.5 Å². The molecule has 1 N–H and O–H groups in total. The molecule has 0 radical (unpaired) electrons. The number of aliphatic hydroxyl groups is 1. The first-order valence-corrected chi connectivity index (χ1v) is 6.23. The third-order valence-corrected chi connectivity index (χ3v) is 2.87. The van der Waals surface area contributed by atoms with Crippen molar-refractivity contribution in [2.75, 3.05) is 7.11 Å². The highest BCUT2D eigenvalue weighted by molar-refractivity contribution is 5.76. The topological polar surface area (TPSA) is 55.8 Å². The van der Waals surface area contributed by atoms with Gasteiger partial charge in [-0.15, -0.1) is 0 Å². The lowest BCUT2D eigenvalue weighted by Crippen LogP contribution is -2.13. The minimum absolute atomic E-state index is 0.472. The Balaban J connectivity index is 1.96. The average molecular weight is 272 g/mol. The maximum Gasteiger partial charge on any atom is 0.339 e. The molecular weight excluding hydrogens is 256 g/mol. The number of hydrogen-bond acceptors (Lipinski definition) is 4. The van der Waals surface area contributed by atoms with Crippen LogP contribution in [-0.2, 0) is 16.1 Å². The van der Waals surface area contributed by atoms with Crippen LogP contribution in [0.15, 0.2) is 54.6 Å². The average Bonchev–Trinajstić information content (AvgIpc) is 2.53. The SMILES string of the molecule is COC(=O)[C@@H](O)c1ccc(OCc2ccccc2)cc1. The fraction of sp³-hybridized carbons (Fsp3) is 0.188. The maximum atomic E-state index is 11.2. The molecule has 0 unspecified atom stereocenters. The second-order valence-electron chi connectivity index (χ2n) is 4.27. The number of hydrogen-bond donors (Lipinski definition) is 1. The highest BCUT2D eigenvalue weighted by Crippen LogP contribution is 2.19. The van der Waals surface area contributed by atoms with E-state index in [0.717, 1.165) is 5.56 Å². The van der Waals surface area contributed by atoms with E-state index in [2.05, 4.69) is 4.74 Å². The Bertz CT molecular complexity index is 548. The molecule has 0 heterocycles. The molecule has 104 valence electrons. The normalized spacial score (nSPS) is 11.7. The molecule has 0 saturated carbocycles. The molecule has 2 rings (SSSR count). The Morgan fingerprint density at radius 2 is 1.75 bits per heavy atom. The van der Waals surface area contributed by atoms with Gasteiger partial charge in [0.1, 0.15) is 12.4 Å². The first-order valence-electron chi connectivity index (χ1n) is 6.23. The Kier molecular flexibility index (Phi) is 4.74. The molecule has 0 aromatic heterocycles. The summed E-state index contributed by atoms with van der Waals surface area (Å²) in [5.74, 6) is -0.00220. The molecule has 0 aliphatic heterocycles. The maximum absolute atomic E-state index is 11.2. The van der Waals surface area contributed by atoms with Crippen LogP contribution in [0, 0.1) is 0 Å². The fourth-order valence-electron chi connectivity index (χ4n) is 1.73. The van der Waals surface area contributed by atoms with Gasteiger partial charge in [-0.05, 0) is 23.3 Å². The van der Waals surface area contributed by atoms with E-state index in [-0.39, 0.29) is 0 Å². The molecular formula is C16H16O4. The third-order valence-electron chi connectivity index (χ3n) is 2.87. The summed E-state index contributed by atoms with van der Waals surface area (Å²) < 4.78 is 10.1. The van der Waals surface area contributed by atoms with Crippen LogP contribution in [0.5, 0.6) is 5.75 Å². The Labute approximate surface area is 117 Å². The van der Waals surface area contributed by atoms with E-state index in [1.54, 1.807) is 24.3 Å². The van der Waals surface area contributed by atoms with Crippen molar-refractivity contribution < 1.29 is 19.4 Å². The summed E-state index contributed by atoms with van der Waals surface area (Å²) >= 11 is 0. The Hall–Kier alpha value is -2.33. The fourth-order valence-corrected chi connectivity index (χ4v) is 1.73. The molecule has 4 heteroatoms. The van der Waals surface area contributed by atoms with Crippen LogP contribution in [0.25, 0.3) is 0 Å². The van der Waals surface area contributed by atoms with E-state index in [1.807, 2.05) is 30.3 Å². The third kappa shape index (κ3) is 3.59. The van der Waals surface area contributed by atoms with Crippen LogP contribution in [0.3, 0.4) is 0 Å². The van der Waals surface area contributed by atoms with Crippen LogP contribution in [-0.4, -0.2) is 18.2 Å². The summed E-state index contributed by atoms with van der Waals surface area (Å²) in [5, 5.41) is 9.67. The molecule has 20 heavy (non-hydrogen) atoms. The van der Waals surface area contributed by atoms with E-state index in [0.29, 0.717) is 17.9 Å². The van der Waals surface area contributed by atoms with Crippen molar-refractivity contribution in [3.63, 3.8) is 0 Å². The van der Waals surface area contributed by atoms with Crippen LogP contribution in [0.1, 0.15) is 17.2 Å². The summed E-state index contributed by atoms with van der Waals surface area (Å²) in [7, 11) is 1.24. The summed E-state index contributed by atoms with van der Waals surface area (Å²) in [5.41, 5.74) is 1.55. The molecule has 0 spiro atoms. The molecule has 4 nitrogen and oxygen atoms in total. The van der Waals surface area contributed by atoms with Crippen molar-refractivity contribution >= 4 is 5.97 Å². The van der Waals surface area contributed by atoms with E-state index in [1.165, 1.54) is 7.11 Å². The second kappa shape index (κ2) is 6.73. The van der Waals surface area contributed by atoms with Gasteiger partial charge in [0.2, 0.25) is 0 Å². The van der Waals surface area contributed by atoms with Gasteiger partial charge in [-0.3, -0.25) is 0 Å². The zero-order valence-electron chi connectivity index (χ0n) is 11.2. The van der Waals surface area contributed by atoms with Crippen LogP contribution >= 0.6 is 0 Å². The summed E-state index contributed by atoms with van der Waals surface area (Å²) in [6, 6.07) is 16.5. The first kappa shape index (κ1) is 14.1. The Morgan fingerprint density at radius 3 is 2.35 bits per heavy atom. The largest absolute Gasteiger partial charge is 0.489 e. The van der Waals surface area contributed by atoms with E-state index in [4.69, 9.17) is 4.74 Å². The summed E-state index contributed by atoms with van der Waals surface area (Å²) in [6.07, 6.45) is -1.26. The van der Waals surface area contributed by atoms with Crippen LogP contribution in [0.2, 0.25) is 0 Å². The zero-order chi connectivity index (χ0) is 14.4.